The second-order valence-corrected chi connectivity index (χ2v) is 2.93. The summed E-state index contributed by atoms with van der Waals surface area (Å²) in [6.45, 7) is 3.66. The average Bonchev–Trinajstić information content (AvgIpc) is 2.18. The molecule has 0 spiro atoms. The Morgan fingerprint density at radius 1 is 1.43 bits per heavy atom. The lowest BCUT2D eigenvalue weighted by molar-refractivity contribution is -0.134. The van der Waals surface area contributed by atoms with Gasteiger partial charge in [-0.15, -0.1) is 0 Å². The molecule has 1 aromatic carbocycles. The van der Waals surface area contributed by atoms with Crippen LogP contribution in [0.1, 0.15) is 18.9 Å². The number of esters is 1. The van der Waals surface area contributed by atoms with Gasteiger partial charge in [0, 0.05) is 6.42 Å². The van der Waals surface area contributed by atoms with E-state index in [2.05, 4.69) is 0 Å². The monoisotopic (exact) mass is 194 g/mol. The molecule has 0 radical (unpaired) electrons. The molecule has 0 aliphatic carbocycles. The van der Waals surface area contributed by atoms with Crippen molar-refractivity contribution in [3.63, 3.8) is 0 Å². The van der Waals surface area contributed by atoms with E-state index in [1.165, 1.54) is 0 Å². The van der Waals surface area contributed by atoms with Crippen LogP contribution >= 0.6 is 0 Å². The van der Waals surface area contributed by atoms with Gasteiger partial charge in [0.25, 0.3) is 0 Å². The van der Waals surface area contributed by atoms with Crippen LogP contribution in [-0.2, 0) is 4.79 Å². The Bertz CT molecular complexity index is 331. The van der Waals surface area contributed by atoms with Crippen LogP contribution in [0.2, 0.25) is 0 Å². The summed E-state index contributed by atoms with van der Waals surface area (Å²) >= 11 is 0. The van der Waals surface area contributed by atoms with E-state index in [1.54, 1.807) is 20.1 Å². The molecule has 3 nitrogen and oxygen atoms in total. The molecule has 1 aromatic rings. The van der Waals surface area contributed by atoms with E-state index in [9.17, 15) is 4.79 Å². The van der Waals surface area contributed by atoms with Crippen LogP contribution in [0.4, 0.5) is 0 Å². The first-order chi connectivity index (χ1) is 6.69. The third-order valence-corrected chi connectivity index (χ3v) is 1.89. The van der Waals surface area contributed by atoms with Gasteiger partial charge in [0.1, 0.15) is 0 Å². The zero-order valence-corrected chi connectivity index (χ0v) is 8.66. The van der Waals surface area contributed by atoms with Crippen molar-refractivity contribution in [2.24, 2.45) is 0 Å². The number of aryl methyl sites for hydroxylation is 1. The van der Waals surface area contributed by atoms with Crippen molar-refractivity contribution in [1.29, 1.82) is 0 Å². The number of para-hydroxylation sites is 1. The molecular formula is C11H14O3. The maximum absolute atomic E-state index is 11.1. The minimum absolute atomic E-state index is 0.256. The topological polar surface area (TPSA) is 35.5 Å². The quantitative estimate of drug-likeness (QED) is 0.547. The molecule has 0 atom stereocenters. The first-order valence-electron chi connectivity index (χ1n) is 4.53. The molecule has 0 aliphatic heterocycles. The summed E-state index contributed by atoms with van der Waals surface area (Å²) in [5.41, 5.74) is 0.953. The lowest BCUT2D eigenvalue weighted by Gasteiger charge is -2.10. The molecule has 0 saturated heterocycles. The number of rotatable bonds is 3. The lowest BCUT2D eigenvalue weighted by Crippen LogP contribution is -2.06. The molecule has 14 heavy (non-hydrogen) atoms. The van der Waals surface area contributed by atoms with Crippen LogP contribution in [0.5, 0.6) is 11.5 Å². The van der Waals surface area contributed by atoms with Gasteiger partial charge >= 0.3 is 5.97 Å². The molecule has 0 fully saturated rings. The zero-order chi connectivity index (χ0) is 10.6. The van der Waals surface area contributed by atoms with Crippen LogP contribution in [0.3, 0.4) is 0 Å². The number of hydrogen-bond acceptors (Lipinski definition) is 3. The summed E-state index contributed by atoms with van der Waals surface area (Å²) < 4.78 is 10.2. The van der Waals surface area contributed by atoms with E-state index in [0.717, 1.165) is 5.56 Å². The van der Waals surface area contributed by atoms with Crippen molar-refractivity contribution in [3.8, 4) is 11.5 Å². The van der Waals surface area contributed by atoms with Gasteiger partial charge in [-0.05, 0) is 18.6 Å². The Hall–Kier alpha value is -1.51. The van der Waals surface area contributed by atoms with Gasteiger partial charge in [0.2, 0.25) is 0 Å². The van der Waals surface area contributed by atoms with Crippen LogP contribution < -0.4 is 9.47 Å². The van der Waals surface area contributed by atoms with E-state index in [4.69, 9.17) is 9.47 Å². The number of carbonyl (C=O) groups is 1. The SMILES string of the molecule is CCC(=O)Oc1cccc(C)c1OC. The average molecular weight is 194 g/mol. The third-order valence-electron chi connectivity index (χ3n) is 1.89. The normalized spacial score (nSPS) is 9.64. The highest BCUT2D eigenvalue weighted by Gasteiger charge is 2.09. The summed E-state index contributed by atoms with van der Waals surface area (Å²) in [7, 11) is 1.56. The minimum Gasteiger partial charge on any atom is -0.493 e. The van der Waals surface area contributed by atoms with Crippen LogP contribution in [0.25, 0.3) is 0 Å². The van der Waals surface area contributed by atoms with Crippen molar-refractivity contribution in [2.75, 3.05) is 7.11 Å². The molecule has 0 bridgehead atoms. The maximum Gasteiger partial charge on any atom is 0.311 e. The summed E-state index contributed by atoms with van der Waals surface area (Å²) in [5, 5.41) is 0. The van der Waals surface area contributed by atoms with E-state index < -0.39 is 0 Å². The molecule has 0 unspecified atom stereocenters. The highest BCUT2D eigenvalue weighted by Crippen LogP contribution is 2.30. The minimum atomic E-state index is -0.256. The van der Waals surface area contributed by atoms with Crippen molar-refractivity contribution < 1.29 is 14.3 Å². The fourth-order valence-corrected chi connectivity index (χ4v) is 1.16. The predicted octanol–water partition coefficient (Wildman–Crippen LogP) is 2.32. The third kappa shape index (κ3) is 2.25. The number of methoxy groups -OCH3 is 1. The molecule has 76 valence electrons. The van der Waals surface area contributed by atoms with E-state index >= 15 is 0 Å². The fourth-order valence-electron chi connectivity index (χ4n) is 1.16. The van der Waals surface area contributed by atoms with Gasteiger partial charge < -0.3 is 9.47 Å². The molecular weight excluding hydrogens is 180 g/mol. The molecule has 0 saturated carbocycles. The van der Waals surface area contributed by atoms with Crippen LogP contribution in [0.15, 0.2) is 18.2 Å². The molecule has 0 amide bonds. The van der Waals surface area contributed by atoms with Gasteiger partial charge in [0.05, 0.1) is 7.11 Å². The molecule has 1 rings (SSSR count). The molecule has 0 N–H and O–H groups in total. The second kappa shape index (κ2) is 4.65. The Balaban J connectivity index is 2.96. The maximum atomic E-state index is 11.1. The van der Waals surface area contributed by atoms with E-state index in [0.29, 0.717) is 17.9 Å². The molecule has 0 aliphatic rings. The Labute approximate surface area is 83.6 Å². The van der Waals surface area contributed by atoms with Crippen LogP contribution in [-0.4, -0.2) is 13.1 Å². The van der Waals surface area contributed by atoms with Gasteiger partial charge in [-0.2, -0.15) is 0 Å². The van der Waals surface area contributed by atoms with Gasteiger partial charge in [0.15, 0.2) is 11.5 Å². The first kappa shape index (κ1) is 10.6. The summed E-state index contributed by atoms with van der Waals surface area (Å²) in [6.07, 6.45) is 0.358. The Morgan fingerprint density at radius 3 is 2.71 bits per heavy atom. The van der Waals surface area contributed by atoms with Crippen molar-refractivity contribution in [1.82, 2.24) is 0 Å². The summed E-state index contributed by atoms with van der Waals surface area (Å²) in [6, 6.07) is 5.46. The van der Waals surface area contributed by atoms with Crippen LogP contribution in [0, 0.1) is 6.92 Å². The standard InChI is InChI=1S/C11H14O3/c1-4-10(12)14-9-7-5-6-8(2)11(9)13-3/h5-7H,4H2,1-3H3. The highest BCUT2D eigenvalue weighted by molar-refractivity contribution is 5.73. The predicted molar refractivity (Wildman–Crippen MR) is 53.7 cm³/mol. The van der Waals surface area contributed by atoms with Gasteiger partial charge in [-0.25, -0.2) is 0 Å². The van der Waals surface area contributed by atoms with E-state index in [-0.39, 0.29) is 5.97 Å². The fraction of sp³-hybridized carbons (Fsp3) is 0.364. The summed E-state index contributed by atoms with van der Waals surface area (Å²) in [4.78, 5) is 11.1. The van der Waals surface area contributed by atoms with E-state index in [1.807, 2.05) is 19.1 Å². The number of hydrogen-bond donors (Lipinski definition) is 0. The number of benzene rings is 1. The lowest BCUT2D eigenvalue weighted by atomic mass is 10.2. The smallest absolute Gasteiger partial charge is 0.311 e. The first-order valence-corrected chi connectivity index (χ1v) is 4.53. The largest absolute Gasteiger partial charge is 0.493 e. The number of ether oxygens (including phenoxy) is 2. The number of carbonyl (C=O) groups excluding carboxylic acids is 1. The zero-order valence-electron chi connectivity index (χ0n) is 8.66. The summed E-state index contributed by atoms with van der Waals surface area (Å²) in [5.74, 6) is 0.850. The molecule has 3 heteroatoms. The molecule has 0 heterocycles. The second-order valence-electron chi connectivity index (χ2n) is 2.93. The highest BCUT2D eigenvalue weighted by atomic mass is 16.6. The van der Waals surface area contributed by atoms with Gasteiger partial charge in [-0.1, -0.05) is 19.1 Å². The van der Waals surface area contributed by atoms with Crippen molar-refractivity contribution in [2.45, 2.75) is 20.3 Å². The molecule has 0 aromatic heterocycles. The van der Waals surface area contributed by atoms with Crippen molar-refractivity contribution >= 4 is 5.97 Å². The van der Waals surface area contributed by atoms with Gasteiger partial charge in [-0.3, -0.25) is 4.79 Å². The Kier molecular flexibility index (Phi) is 3.51. The van der Waals surface area contributed by atoms with Crippen molar-refractivity contribution in [3.05, 3.63) is 23.8 Å². The Morgan fingerprint density at radius 2 is 2.14 bits per heavy atom.